The van der Waals surface area contributed by atoms with E-state index >= 15 is 0 Å². The first-order valence-corrected chi connectivity index (χ1v) is 7.54. The van der Waals surface area contributed by atoms with E-state index in [1.165, 1.54) is 11.1 Å². The first kappa shape index (κ1) is 15.8. The summed E-state index contributed by atoms with van der Waals surface area (Å²) in [5.41, 5.74) is 5.57. The van der Waals surface area contributed by atoms with Crippen LogP contribution in [0.4, 0.5) is 0 Å². The van der Waals surface area contributed by atoms with Crippen LogP contribution in [-0.4, -0.2) is 33.9 Å². The van der Waals surface area contributed by atoms with Gasteiger partial charge in [-0.15, -0.1) is 5.10 Å². The molecule has 2 heterocycles. The van der Waals surface area contributed by atoms with E-state index in [0.29, 0.717) is 0 Å². The highest BCUT2D eigenvalue weighted by Crippen LogP contribution is 2.35. The molecule has 0 saturated carbocycles. The van der Waals surface area contributed by atoms with E-state index in [1.807, 2.05) is 11.7 Å². The van der Waals surface area contributed by atoms with Crippen LogP contribution in [-0.2, 0) is 10.8 Å². The van der Waals surface area contributed by atoms with Crippen LogP contribution in [0.1, 0.15) is 70.5 Å². The third-order valence-electron chi connectivity index (χ3n) is 3.78. The van der Waals surface area contributed by atoms with Crippen molar-refractivity contribution in [1.29, 1.82) is 0 Å². The number of hydrogen-bond acceptors (Lipinski definition) is 3. The number of hydrazone groups is 1. The van der Waals surface area contributed by atoms with Crippen LogP contribution in [0.5, 0.6) is 0 Å². The largest absolute Gasteiger partial charge is 0.178 e. The monoisotopic (exact) mass is 287 g/mol. The number of nitrogens with zero attached hydrogens (tertiary/aromatic N) is 4. The van der Waals surface area contributed by atoms with Gasteiger partial charge in [0.2, 0.25) is 0 Å². The lowest BCUT2D eigenvalue weighted by Gasteiger charge is -2.30. The van der Waals surface area contributed by atoms with Crippen LogP contribution in [0.2, 0.25) is 0 Å². The Hall–Kier alpha value is -1.58. The first-order chi connectivity index (χ1) is 9.51. The zero-order valence-corrected chi connectivity index (χ0v) is 14.6. The molecule has 0 N–H and O–H groups in total. The molecule has 0 fully saturated rings. The molecule has 0 bridgehead atoms. The van der Waals surface area contributed by atoms with E-state index < -0.39 is 0 Å². The zero-order valence-electron chi connectivity index (χ0n) is 14.6. The number of aromatic nitrogens is 2. The number of rotatable bonds is 1. The molecule has 4 nitrogen and oxygen atoms in total. The van der Waals surface area contributed by atoms with Crippen LogP contribution in [0, 0.1) is 6.92 Å². The van der Waals surface area contributed by atoms with Gasteiger partial charge >= 0.3 is 0 Å². The van der Waals surface area contributed by atoms with Crippen LogP contribution in [0.3, 0.4) is 0 Å². The zero-order chi connectivity index (χ0) is 16.0. The van der Waals surface area contributed by atoms with Crippen molar-refractivity contribution in [1.82, 2.24) is 10.2 Å². The Kier molecular flexibility index (Phi) is 3.77. The summed E-state index contributed by atoms with van der Waals surface area (Å²) in [6, 6.07) is 0. The fraction of sp³-hybridized carbons (Fsp3) is 0.647. The highest BCUT2D eigenvalue weighted by Gasteiger charge is 2.32. The molecule has 0 radical (unpaired) electrons. The third kappa shape index (κ3) is 3.04. The molecule has 1 aliphatic rings. The van der Waals surface area contributed by atoms with Crippen LogP contribution in [0.15, 0.2) is 5.10 Å². The molecular weight excluding hydrogens is 260 g/mol. The lowest BCUT2D eigenvalue weighted by atomic mass is 9.76. The molecule has 0 atom stereocenters. The quantitative estimate of drug-likeness (QED) is 0.744. The summed E-state index contributed by atoms with van der Waals surface area (Å²) >= 11 is 0. The van der Waals surface area contributed by atoms with Gasteiger partial charge in [0.05, 0.1) is 12.1 Å². The summed E-state index contributed by atoms with van der Waals surface area (Å²) in [7, 11) is 1.95. The van der Waals surface area contributed by atoms with Crippen molar-refractivity contribution < 1.29 is 4.68 Å². The second-order valence-electron chi connectivity index (χ2n) is 7.90. The molecule has 0 saturated heterocycles. The van der Waals surface area contributed by atoms with Gasteiger partial charge in [-0.25, -0.2) is 0 Å². The molecule has 0 unspecified atom stereocenters. The Labute approximate surface area is 128 Å². The summed E-state index contributed by atoms with van der Waals surface area (Å²) in [6.07, 6.45) is 2.88. The fourth-order valence-electron chi connectivity index (χ4n) is 2.87. The minimum atomic E-state index is -0.0146. The van der Waals surface area contributed by atoms with Gasteiger partial charge in [0.15, 0.2) is 13.3 Å². The molecule has 4 heteroatoms. The Morgan fingerprint density at radius 3 is 2.05 bits per heavy atom. The highest BCUT2D eigenvalue weighted by atomic mass is 15.4. The smallest absolute Gasteiger partial charge is 0.154 e. The van der Waals surface area contributed by atoms with E-state index in [0.717, 1.165) is 23.5 Å². The molecule has 1 aromatic heterocycles. The van der Waals surface area contributed by atoms with Crippen molar-refractivity contribution in [3.8, 4) is 0 Å². The highest BCUT2D eigenvalue weighted by molar-refractivity contribution is 6.07. The van der Waals surface area contributed by atoms with Crippen molar-refractivity contribution in [2.75, 3.05) is 7.05 Å². The maximum absolute atomic E-state index is 4.58. The molecule has 2 rings (SSSR count). The van der Waals surface area contributed by atoms with E-state index in [4.69, 9.17) is 0 Å². The average molecular weight is 287 g/mol. The van der Waals surface area contributed by atoms with E-state index in [-0.39, 0.29) is 10.8 Å². The second-order valence-corrected chi connectivity index (χ2v) is 7.90. The summed E-state index contributed by atoms with van der Waals surface area (Å²) in [5, 5.41) is 13.6. The third-order valence-corrected chi connectivity index (χ3v) is 3.78. The van der Waals surface area contributed by atoms with Gasteiger partial charge in [0.25, 0.3) is 0 Å². The van der Waals surface area contributed by atoms with Crippen LogP contribution in [0.25, 0.3) is 0 Å². The molecule has 0 spiro atoms. The molecule has 114 valence electrons. The summed E-state index contributed by atoms with van der Waals surface area (Å²) in [6.45, 7) is 15.5. The van der Waals surface area contributed by atoms with Crippen molar-refractivity contribution in [3.63, 3.8) is 0 Å². The predicted octanol–water partition coefficient (Wildman–Crippen LogP) is 3.20. The predicted molar refractivity (Wildman–Crippen MR) is 87.6 cm³/mol. The Morgan fingerprint density at radius 1 is 1.00 bits per heavy atom. The van der Waals surface area contributed by atoms with Gasteiger partial charge in [-0.05, 0) is 28.6 Å². The fourth-order valence-corrected chi connectivity index (χ4v) is 2.87. The first-order valence-electron chi connectivity index (χ1n) is 7.54. The van der Waals surface area contributed by atoms with Gasteiger partial charge < -0.3 is 0 Å². The Morgan fingerprint density at radius 2 is 1.62 bits per heavy atom. The maximum Gasteiger partial charge on any atom is 0.178 e. The van der Waals surface area contributed by atoms with Crippen LogP contribution < -0.4 is 0 Å². The van der Waals surface area contributed by atoms with Crippen molar-refractivity contribution in [2.24, 2.45) is 5.10 Å². The molecular formula is C17H27N4+. The Balaban J connectivity index is 2.67. The molecule has 0 amide bonds. The molecule has 1 aromatic rings. The summed E-state index contributed by atoms with van der Waals surface area (Å²) in [5.74, 6) is 0. The van der Waals surface area contributed by atoms with E-state index in [1.54, 1.807) is 0 Å². The maximum atomic E-state index is 4.58. The normalized spacial score (nSPS) is 16.0. The summed E-state index contributed by atoms with van der Waals surface area (Å²) < 4.78 is 1.85. The Bertz CT molecular complexity index is 625. The SMILES string of the molecule is Cc1c(C2=N[N+](C)=CC2)nnc(C(C)(C)C)c1C(C)(C)C. The van der Waals surface area contributed by atoms with Gasteiger partial charge in [0, 0.05) is 5.41 Å². The molecule has 1 aliphatic heterocycles. The van der Waals surface area contributed by atoms with Crippen molar-refractivity contribution in [3.05, 3.63) is 22.5 Å². The number of hydrogen-bond donors (Lipinski definition) is 0. The minimum Gasteiger partial charge on any atom is -0.154 e. The lowest BCUT2D eigenvalue weighted by Crippen LogP contribution is -2.27. The standard InChI is InChI=1S/C17H27N4/c1-11-13(16(2,3)4)15(17(5,6)7)19-18-14(11)12-9-10-21(8)20-12/h10H,9H2,1-8H3/q+1. The van der Waals surface area contributed by atoms with E-state index in [9.17, 15) is 0 Å². The molecule has 0 aromatic carbocycles. The van der Waals surface area contributed by atoms with Gasteiger partial charge in [-0.3, -0.25) is 0 Å². The summed E-state index contributed by atoms with van der Waals surface area (Å²) in [4.78, 5) is 0. The van der Waals surface area contributed by atoms with E-state index in [2.05, 4.69) is 70.0 Å². The molecule has 21 heavy (non-hydrogen) atoms. The topological polar surface area (TPSA) is 41.1 Å². The van der Waals surface area contributed by atoms with Gasteiger partial charge in [0.1, 0.15) is 11.4 Å². The van der Waals surface area contributed by atoms with Crippen molar-refractivity contribution in [2.45, 2.75) is 65.7 Å². The van der Waals surface area contributed by atoms with Gasteiger partial charge in [-0.1, -0.05) is 46.2 Å². The van der Waals surface area contributed by atoms with Crippen LogP contribution >= 0.6 is 0 Å². The lowest BCUT2D eigenvalue weighted by molar-refractivity contribution is -0.494. The van der Waals surface area contributed by atoms with Gasteiger partial charge in [-0.2, -0.15) is 5.10 Å². The molecule has 0 aliphatic carbocycles. The second kappa shape index (κ2) is 5.00. The minimum absolute atomic E-state index is 0.0146. The van der Waals surface area contributed by atoms with Crippen molar-refractivity contribution >= 4 is 11.9 Å². The average Bonchev–Trinajstić information content (AvgIpc) is 2.72.